The van der Waals surface area contributed by atoms with Crippen molar-refractivity contribution in [2.75, 3.05) is 6.61 Å². The van der Waals surface area contributed by atoms with E-state index in [1.54, 1.807) is 18.2 Å². The van der Waals surface area contributed by atoms with Gasteiger partial charge in [0, 0.05) is 12.1 Å². The molecule has 23 heavy (non-hydrogen) atoms. The van der Waals surface area contributed by atoms with Crippen LogP contribution in [0.1, 0.15) is 43.5 Å². The van der Waals surface area contributed by atoms with E-state index in [2.05, 4.69) is 4.98 Å². The quantitative estimate of drug-likeness (QED) is 0.814. The minimum Gasteiger partial charge on any atom is -0.452 e. The lowest BCUT2D eigenvalue weighted by molar-refractivity contribution is -0.140. The molecular weight excluding hydrogens is 296 g/mol. The first kappa shape index (κ1) is 15.5. The van der Waals surface area contributed by atoms with Gasteiger partial charge in [-0.05, 0) is 51.3 Å². The van der Waals surface area contributed by atoms with E-state index in [0.717, 1.165) is 19.3 Å². The van der Waals surface area contributed by atoms with Crippen molar-refractivity contribution < 1.29 is 18.7 Å². The number of fused-ring (bicyclic) bond motifs is 1. The van der Waals surface area contributed by atoms with Crippen LogP contribution in [0.5, 0.6) is 0 Å². The van der Waals surface area contributed by atoms with E-state index in [9.17, 15) is 9.59 Å². The third-order valence-corrected chi connectivity index (χ3v) is 4.38. The Morgan fingerprint density at radius 3 is 2.78 bits per heavy atom. The minimum atomic E-state index is -0.533. The van der Waals surface area contributed by atoms with Gasteiger partial charge in [0.2, 0.25) is 0 Å². The topological polar surface area (TPSA) is 72.6 Å². The zero-order valence-electron chi connectivity index (χ0n) is 13.3. The smallest absolute Gasteiger partial charge is 0.338 e. The predicted molar refractivity (Wildman–Crippen MR) is 83.9 cm³/mol. The fraction of sp³-hybridized carbons (Fsp3) is 0.471. The third-order valence-electron chi connectivity index (χ3n) is 4.38. The van der Waals surface area contributed by atoms with Crippen LogP contribution in [0.4, 0.5) is 0 Å². The number of hydrogen-bond donors (Lipinski definition) is 0. The summed E-state index contributed by atoms with van der Waals surface area (Å²) in [7, 11) is 0. The lowest BCUT2D eigenvalue weighted by atomic mass is 9.97. The standard InChI is InChI=1S/C17H20N2O4/c1-11-4-3-5-12(2)19(11)16(20)9-22-17(21)13-6-7-14-15(8-13)23-10-18-14/h6-8,10-12H,3-5,9H2,1-2H3/t11-,12-/m1/s1. The molecule has 0 bridgehead atoms. The van der Waals surface area contributed by atoms with Crippen molar-refractivity contribution in [2.24, 2.45) is 0 Å². The predicted octanol–water partition coefficient (Wildman–Crippen LogP) is 2.77. The second-order valence-corrected chi connectivity index (χ2v) is 6.04. The van der Waals surface area contributed by atoms with E-state index >= 15 is 0 Å². The maximum absolute atomic E-state index is 12.3. The first-order chi connectivity index (χ1) is 11.1. The van der Waals surface area contributed by atoms with Crippen LogP contribution >= 0.6 is 0 Å². The highest BCUT2D eigenvalue weighted by Gasteiger charge is 2.29. The molecule has 1 aliphatic heterocycles. The Labute approximate surface area is 134 Å². The van der Waals surface area contributed by atoms with E-state index < -0.39 is 5.97 Å². The van der Waals surface area contributed by atoms with Crippen molar-refractivity contribution in [3.63, 3.8) is 0 Å². The number of aromatic nitrogens is 1. The Hall–Kier alpha value is -2.37. The average Bonchev–Trinajstić information content (AvgIpc) is 3.00. The van der Waals surface area contributed by atoms with Crippen molar-refractivity contribution in [1.29, 1.82) is 0 Å². The molecule has 1 aliphatic rings. The molecule has 122 valence electrons. The van der Waals surface area contributed by atoms with Gasteiger partial charge in [0.25, 0.3) is 5.91 Å². The van der Waals surface area contributed by atoms with Crippen molar-refractivity contribution in [3.8, 4) is 0 Å². The Balaban J connectivity index is 1.62. The molecule has 0 radical (unpaired) electrons. The summed E-state index contributed by atoms with van der Waals surface area (Å²) in [5.41, 5.74) is 1.54. The molecule has 0 aliphatic carbocycles. The molecule has 6 nitrogen and oxygen atoms in total. The van der Waals surface area contributed by atoms with E-state index in [1.165, 1.54) is 6.39 Å². The SMILES string of the molecule is C[C@@H]1CCC[C@@H](C)N1C(=O)COC(=O)c1ccc2ncoc2c1. The molecule has 6 heteroatoms. The maximum Gasteiger partial charge on any atom is 0.338 e. The van der Waals surface area contributed by atoms with E-state index in [0.29, 0.717) is 16.7 Å². The highest BCUT2D eigenvalue weighted by molar-refractivity contribution is 5.94. The van der Waals surface area contributed by atoms with Gasteiger partial charge in [-0.25, -0.2) is 9.78 Å². The number of piperidine rings is 1. The molecule has 0 N–H and O–H groups in total. The maximum atomic E-state index is 12.3. The van der Waals surface area contributed by atoms with Crippen LogP contribution < -0.4 is 0 Å². The van der Waals surface area contributed by atoms with Gasteiger partial charge >= 0.3 is 5.97 Å². The van der Waals surface area contributed by atoms with E-state index in [4.69, 9.17) is 9.15 Å². The van der Waals surface area contributed by atoms with Gasteiger partial charge in [0.1, 0.15) is 5.52 Å². The number of ether oxygens (including phenoxy) is 1. The van der Waals surface area contributed by atoms with Crippen LogP contribution in [0.25, 0.3) is 11.1 Å². The zero-order chi connectivity index (χ0) is 16.4. The summed E-state index contributed by atoms with van der Waals surface area (Å²) < 4.78 is 10.3. The Bertz CT molecular complexity index is 714. The summed E-state index contributed by atoms with van der Waals surface area (Å²) in [5, 5.41) is 0. The van der Waals surface area contributed by atoms with E-state index in [1.807, 2.05) is 18.7 Å². The number of benzene rings is 1. The molecule has 1 saturated heterocycles. The lowest BCUT2D eigenvalue weighted by Crippen LogP contribution is -2.49. The Kier molecular flexibility index (Phi) is 4.32. The van der Waals surface area contributed by atoms with Crippen LogP contribution in [0.15, 0.2) is 29.0 Å². The molecule has 0 unspecified atom stereocenters. The molecule has 1 amide bonds. The zero-order valence-corrected chi connectivity index (χ0v) is 13.3. The number of carbonyl (C=O) groups excluding carboxylic acids is 2. The van der Waals surface area contributed by atoms with Crippen molar-refractivity contribution in [1.82, 2.24) is 9.88 Å². The van der Waals surface area contributed by atoms with Crippen molar-refractivity contribution in [3.05, 3.63) is 30.2 Å². The lowest BCUT2D eigenvalue weighted by Gasteiger charge is -2.38. The van der Waals surface area contributed by atoms with Crippen molar-refractivity contribution in [2.45, 2.75) is 45.2 Å². The highest BCUT2D eigenvalue weighted by atomic mass is 16.5. The summed E-state index contributed by atoms with van der Waals surface area (Å²) >= 11 is 0. The van der Waals surface area contributed by atoms with Gasteiger partial charge in [0.15, 0.2) is 18.6 Å². The van der Waals surface area contributed by atoms with Crippen LogP contribution in [-0.4, -0.2) is 40.5 Å². The fourth-order valence-corrected chi connectivity index (χ4v) is 3.18. The molecule has 2 aromatic rings. The van der Waals surface area contributed by atoms with Gasteiger partial charge in [-0.1, -0.05) is 0 Å². The number of amides is 1. The summed E-state index contributed by atoms with van der Waals surface area (Å²) in [4.78, 5) is 30.3. The normalized spacial score (nSPS) is 21.4. The number of oxazole rings is 1. The first-order valence-electron chi connectivity index (χ1n) is 7.88. The highest BCUT2D eigenvalue weighted by Crippen LogP contribution is 2.22. The third kappa shape index (κ3) is 3.21. The number of nitrogens with zero attached hydrogens (tertiary/aromatic N) is 2. The van der Waals surface area contributed by atoms with Crippen molar-refractivity contribution >= 4 is 23.0 Å². The van der Waals surface area contributed by atoms with Crippen LogP contribution in [0, 0.1) is 0 Å². The summed E-state index contributed by atoms with van der Waals surface area (Å²) in [6.07, 6.45) is 4.43. The molecule has 1 fully saturated rings. The van der Waals surface area contributed by atoms with Gasteiger partial charge < -0.3 is 14.1 Å². The van der Waals surface area contributed by atoms with Gasteiger partial charge in [-0.2, -0.15) is 0 Å². The van der Waals surface area contributed by atoms with E-state index in [-0.39, 0.29) is 24.6 Å². The second-order valence-electron chi connectivity index (χ2n) is 6.04. The van der Waals surface area contributed by atoms with Gasteiger partial charge in [-0.3, -0.25) is 4.79 Å². The molecule has 1 aromatic carbocycles. The largest absolute Gasteiger partial charge is 0.452 e. The van der Waals surface area contributed by atoms with Gasteiger partial charge in [0.05, 0.1) is 5.56 Å². The first-order valence-corrected chi connectivity index (χ1v) is 7.88. The fourth-order valence-electron chi connectivity index (χ4n) is 3.18. The average molecular weight is 316 g/mol. The number of carbonyl (C=O) groups is 2. The summed E-state index contributed by atoms with van der Waals surface area (Å²) in [5.74, 6) is -0.673. The number of esters is 1. The molecule has 0 spiro atoms. The van der Waals surface area contributed by atoms with Crippen LogP contribution in [-0.2, 0) is 9.53 Å². The monoisotopic (exact) mass is 316 g/mol. The molecule has 2 atom stereocenters. The van der Waals surface area contributed by atoms with Crippen LogP contribution in [0.2, 0.25) is 0 Å². The molecule has 3 rings (SSSR count). The number of hydrogen-bond acceptors (Lipinski definition) is 5. The molecule has 1 aromatic heterocycles. The molecule has 2 heterocycles. The Morgan fingerprint density at radius 2 is 2.04 bits per heavy atom. The summed E-state index contributed by atoms with van der Waals surface area (Å²) in [6, 6.07) is 5.25. The molecule has 0 saturated carbocycles. The molecular formula is C17H20N2O4. The Morgan fingerprint density at radius 1 is 1.30 bits per heavy atom. The number of likely N-dealkylation sites (tertiary alicyclic amines) is 1. The van der Waals surface area contributed by atoms with Gasteiger partial charge in [-0.15, -0.1) is 0 Å². The second kappa shape index (κ2) is 6.40. The minimum absolute atomic E-state index is 0.140. The summed E-state index contributed by atoms with van der Waals surface area (Å²) in [6.45, 7) is 3.84. The number of rotatable bonds is 3. The van der Waals surface area contributed by atoms with Crippen LogP contribution in [0.3, 0.4) is 0 Å².